The Labute approximate surface area is 271 Å². The summed E-state index contributed by atoms with van der Waals surface area (Å²) in [5, 5.41) is 0. The number of rotatable bonds is 14. The molecule has 0 spiro atoms. The third-order valence-corrected chi connectivity index (χ3v) is 7.87. The molecule has 0 bridgehead atoms. The Balaban J connectivity index is 1.11. The summed E-state index contributed by atoms with van der Waals surface area (Å²) in [6.45, 7) is 4.40. The Kier molecular flexibility index (Phi) is 11.4. The second kappa shape index (κ2) is 16.3. The number of hydrogen-bond donors (Lipinski definition) is 0. The van der Waals surface area contributed by atoms with Crippen molar-refractivity contribution in [3.8, 4) is 34.0 Å². The van der Waals surface area contributed by atoms with Crippen molar-refractivity contribution in [1.82, 2.24) is 9.97 Å². The molecule has 2 heterocycles. The van der Waals surface area contributed by atoms with Crippen LogP contribution in [0.4, 0.5) is 0 Å². The SMILES string of the molecule is CCCCCc1ccc(-c2ccc(C(=O)Oc3ccc(OC(=O)c4ccc(-c5ccc(CCCCC)cn5)cc4)cc3)cc2)nc1. The molecular weight excluding hydrogens is 572 g/mol. The standard InChI is InChI=1S/C40H40N2O4/c1-3-5-7-9-29-11-25-37(41-27-29)31-13-17-33(18-14-31)39(43)45-35-21-23-36(24-22-35)46-40(44)34-19-15-32(16-20-34)38-26-12-30(28-42-38)10-8-6-4-2/h11-28H,3-10H2,1-2H3. The number of benzene rings is 3. The number of carbonyl (C=O) groups is 2. The molecule has 0 unspecified atom stereocenters. The first-order valence-electron chi connectivity index (χ1n) is 16.2. The van der Waals surface area contributed by atoms with Crippen LogP contribution < -0.4 is 9.47 Å². The average Bonchev–Trinajstić information content (AvgIpc) is 3.10. The van der Waals surface area contributed by atoms with Crippen molar-refractivity contribution in [3.63, 3.8) is 0 Å². The minimum absolute atomic E-state index is 0.349. The van der Waals surface area contributed by atoms with Crippen LogP contribution >= 0.6 is 0 Å². The van der Waals surface area contributed by atoms with Crippen molar-refractivity contribution in [2.75, 3.05) is 0 Å². The lowest BCUT2D eigenvalue weighted by molar-refractivity contribution is 0.0719. The van der Waals surface area contributed by atoms with E-state index in [1.165, 1.54) is 49.7 Å². The minimum Gasteiger partial charge on any atom is -0.423 e. The molecule has 0 aliphatic carbocycles. The molecule has 5 rings (SSSR count). The van der Waals surface area contributed by atoms with Gasteiger partial charge < -0.3 is 9.47 Å². The highest BCUT2D eigenvalue weighted by Crippen LogP contribution is 2.23. The predicted octanol–water partition coefficient (Wildman–Crippen LogP) is 9.71. The molecule has 5 aromatic rings. The first-order valence-corrected chi connectivity index (χ1v) is 16.2. The van der Waals surface area contributed by atoms with Crippen LogP contribution in [0.1, 0.15) is 84.2 Å². The van der Waals surface area contributed by atoms with Gasteiger partial charge in [0.15, 0.2) is 0 Å². The quantitative estimate of drug-likeness (QED) is 0.0706. The van der Waals surface area contributed by atoms with Crippen LogP contribution in [-0.4, -0.2) is 21.9 Å². The number of pyridine rings is 2. The number of aryl methyl sites for hydroxylation is 2. The number of carbonyl (C=O) groups excluding carboxylic acids is 2. The van der Waals surface area contributed by atoms with E-state index >= 15 is 0 Å². The van der Waals surface area contributed by atoms with E-state index < -0.39 is 11.9 Å². The highest BCUT2D eigenvalue weighted by Gasteiger charge is 2.12. The molecule has 0 radical (unpaired) electrons. The predicted molar refractivity (Wildman–Crippen MR) is 182 cm³/mol. The van der Waals surface area contributed by atoms with E-state index in [2.05, 4.69) is 35.9 Å². The minimum atomic E-state index is -0.476. The van der Waals surface area contributed by atoms with E-state index in [0.717, 1.165) is 35.4 Å². The van der Waals surface area contributed by atoms with Crippen LogP contribution in [0.5, 0.6) is 11.5 Å². The topological polar surface area (TPSA) is 78.4 Å². The maximum absolute atomic E-state index is 12.8. The highest BCUT2D eigenvalue weighted by molar-refractivity contribution is 5.92. The van der Waals surface area contributed by atoms with Crippen molar-refractivity contribution in [1.29, 1.82) is 0 Å². The van der Waals surface area contributed by atoms with Crippen LogP contribution in [-0.2, 0) is 12.8 Å². The molecule has 0 atom stereocenters. The Bertz CT molecular complexity index is 1560. The van der Waals surface area contributed by atoms with Gasteiger partial charge in [0.1, 0.15) is 11.5 Å². The van der Waals surface area contributed by atoms with Crippen molar-refractivity contribution in [2.45, 2.75) is 65.2 Å². The maximum Gasteiger partial charge on any atom is 0.343 e. The summed E-state index contributed by atoms with van der Waals surface area (Å²) in [6.07, 6.45) is 13.1. The van der Waals surface area contributed by atoms with Gasteiger partial charge in [0.2, 0.25) is 0 Å². The van der Waals surface area contributed by atoms with Crippen LogP contribution in [0, 0.1) is 0 Å². The van der Waals surface area contributed by atoms with Gasteiger partial charge in [-0.05, 0) is 97.5 Å². The Morgan fingerprint density at radius 3 is 1.22 bits per heavy atom. The molecule has 0 saturated heterocycles. The third kappa shape index (κ3) is 8.98. The van der Waals surface area contributed by atoms with Gasteiger partial charge in [0, 0.05) is 23.5 Å². The molecule has 46 heavy (non-hydrogen) atoms. The second-order valence-electron chi connectivity index (χ2n) is 11.4. The normalized spacial score (nSPS) is 10.8. The molecule has 0 fully saturated rings. The molecule has 6 heteroatoms. The molecule has 0 aliphatic heterocycles. The van der Waals surface area contributed by atoms with Crippen molar-refractivity contribution >= 4 is 11.9 Å². The molecule has 0 aliphatic rings. The van der Waals surface area contributed by atoms with Crippen LogP contribution in [0.2, 0.25) is 0 Å². The third-order valence-electron chi connectivity index (χ3n) is 7.87. The van der Waals surface area contributed by atoms with E-state index in [4.69, 9.17) is 9.47 Å². The van der Waals surface area contributed by atoms with Gasteiger partial charge in [0.05, 0.1) is 22.5 Å². The number of aromatic nitrogens is 2. The summed E-state index contributed by atoms with van der Waals surface area (Å²) >= 11 is 0. The van der Waals surface area contributed by atoms with Gasteiger partial charge in [-0.25, -0.2) is 9.59 Å². The lowest BCUT2D eigenvalue weighted by Gasteiger charge is -2.08. The molecular formula is C40H40N2O4. The van der Waals surface area contributed by atoms with E-state index in [1.807, 2.05) is 48.8 Å². The van der Waals surface area contributed by atoms with Gasteiger partial charge >= 0.3 is 11.9 Å². The second-order valence-corrected chi connectivity index (χ2v) is 11.4. The Hall–Kier alpha value is -5.10. The molecule has 2 aromatic heterocycles. The van der Waals surface area contributed by atoms with E-state index in [1.54, 1.807) is 48.5 Å². The van der Waals surface area contributed by atoms with Crippen molar-refractivity contribution in [2.24, 2.45) is 0 Å². The zero-order chi connectivity index (χ0) is 32.1. The fourth-order valence-electron chi connectivity index (χ4n) is 5.11. The molecule has 0 N–H and O–H groups in total. The summed E-state index contributed by atoms with van der Waals surface area (Å²) in [6, 6.07) is 29.1. The van der Waals surface area contributed by atoms with Gasteiger partial charge in [0.25, 0.3) is 0 Å². The Morgan fingerprint density at radius 1 is 0.500 bits per heavy atom. The number of nitrogens with zero attached hydrogens (tertiary/aromatic N) is 2. The van der Waals surface area contributed by atoms with E-state index in [-0.39, 0.29) is 0 Å². The highest BCUT2D eigenvalue weighted by atomic mass is 16.5. The fraction of sp³-hybridized carbons (Fsp3) is 0.250. The summed E-state index contributed by atoms with van der Waals surface area (Å²) in [5.41, 5.74) is 6.91. The lowest BCUT2D eigenvalue weighted by Crippen LogP contribution is -2.09. The lowest BCUT2D eigenvalue weighted by atomic mass is 10.1. The Morgan fingerprint density at radius 2 is 0.891 bits per heavy atom. The first kappa shape index (κ1) is 32.3. The molecule has 6 nitrogen and oxygen atoms in total. The molecule has 0 saturated carbocycles. The van der Waals surface area contributed by atoms with Gasteiger partial charge in [-0.1, -0.05) is 75.9 Å². The first-order chi connectivity index (χ1) is 22.5. The smallest absolute Gasteiger partial charge is 0.343 e. The zero-order valence-electron chi connectivity index (χ0n) is 26.6. The average molecular weight is 613 g/mol. The van der Waals surface area contributed by atoms with E-state index in [9.17, 15) is 9.59 Å². The number of hydrogen-bond acceptors (Lipinski definition) is 6. The van der Waals surface area contributed by atoms with Crippen molar-refractivity contribution < 1.29 is 19.1 Å². The summed E-state index contributed by atoms with van der Waals surface area (Å²) in [7, 11) is 0. The van der Waals surface area contributed by atoms with Crippen molar-refractivity contribution in [3.05, 3.63) is 132 Å². The van der Waals surface area contributed by atoms with Gasteiger partial charge in [-0.15, -0.1) is 0 Å². The molecule has 3 aromatic carbocycles. The molecule has 234 valence electrons. The summed E-state index contributed by atoms with van der Waals surface area (Å²) < 4.78 is 11.1. The number of esters is 2. The number of ether oxygens (including phenoxy) is 2. The monoisotopic (exact) mass is 612 g/mol. The van der Waals surface area contributed by atoms with Crippen LogP contribution in [0.25, 0.3) is 22.5 Å². The van der Waals surface area contributed by atoms with Gasteiger partial charge in [-0.3, -0.25) is 9.97 Å². The van der Waals surface area contributed by atoms with Crippen LogP contribution in [0.3, 0.4) is 0 Å². The van der Waals surface area contributed by atoms with Gasteiger partial charge in [-0.2, -0.15) is 0 Å². The number of unbranched alkanes of at least 4 members (excludes halogenated alkanes) is 4. The van der Waals surface area contributed by atoms with E-state index in [0.29, 0.717) is 22.6 Å². The fourth-order valence-corrected chi connectivity index (χ4v) is 5.11. The summed E-state index contributed by atoms with van der Waals surface area (Å²) in [4.78, 5) is 34.7. The molecule has 0 amide bonds. The largest absolute Gasteiger partial charge is 0.423 e. The van der Waals surface area contributed by atoms with Crippen LogP contribution in [0.15, 0.2) is 109 Å². The zero-order valence-corrected chi connectivity index (χ0v) is 26.6. The summed E-state index contributed by atoms with van der Waals surface area (Å²) in [5.74, 6) is -0.252. The maximum atomic E-state index is 12.8.